The smallest absolute Gasteiger partial charge is 0.263 e. The van der Waals surface area contributed by atoms with Gasteiger partial charge in [-0.05, 0) is 50.6 Å². The summed E-state index contributed by atoms with van der Waals surface area (Å²) in [6, 6.07) is 11.7. The summed E-state index contributed by atoms with van der Waals surface area (Å²) < 4.78 is 14.7. The van der Waals surface area contributed by atoms with Crippen LogP contribution < -0.4 is 10.9 Å². The average Bonchev–Trinajstić information content (AvgIpc) is 3.11. The fourth-order valence-corrected chi connectivity index (χ4v) is 4.55. The topological polar surface area (TPSA) is 81.1 Å². The minimum absolute atomic E-state index is 0.110. The second kappa shape index (κ2) is 8.47. The molecule has 0 fully saturated rings. The summed E-state index contributed by atoms with van der Waals surface area (Å²) in [7, 11) is 0. The first-order chi connectivity index (χ1) is 15.3. The number of carbonyl (C=O) groups is 2. The Bertz CT molecular complexity index is 1410. The summed E-state index contributed by atoms with van der Waals surface area (Å²) in [5.74, 6) is -0.883. The molecule has 32 heavy (non-hydrogen) atoms. The molecule has 0 aliphatic heterocycles. The van der Waals surface area contributed by atoms with E-state index < -0.39 is 11.9 Å². The number of thiophene rings is 1. The Labute approximate surface area is 187 Å². The molecule has 2 aromatic heterocycles. The number of aryl methyl sites for hydroxylation is 1. The number of hydrogen-bond donors (Lipinski definition) is 1. The van der Waals surface area contributed by atoms with Gasteiger partial charge in [-0.25, -0.2) is 9.37 Å². The lowest BCUT2D eigenvalue weighted by molar-refractivity contribution is -0.118. The monoisotopic (exact) mass is 449 g/mol. The molecular formula is C24H20FN3O3S. The number of aromatic nitrogens is 2. The molecule has 4 rings (SSSR count). The van der Waals surface area contributed by atoms with Gasteiger partial charge in [-0.15, -0.1) is 11.3 Å². The molecule has 0 saturated heterocycles. The molecule has 2 aromatic carbocycles. The van der Waals surface area contributed by atoms with E-state index in [9.17, 15) is 18.8 Å². The SMILES string of the molecule is CC(=O)c1cccc(NC(=O)C(C)n2cnc3sc(C)c(-c4ccc(F)cc4)c3c2=O)c1. The van der Waals surface area contributed by atoms with E-state index in [4.69, 9.17) is 0 Å². The van der Waals surface area contributed by atoms with Gasteiger partial charge in [-0.1, -0.05) is 24.3 Å². The standard InChI is InChI=1S/C24H20FN3O3S/c1-13(22(30)27-19-6-4-5-17(11-19)14(2)29)28-12-26-23-21(24(28)31)20(15(3)32-23)16-7-9-18(25)10-8-16/h4-13H,1-3H3,(H,27,30). The number of rotatable bonds is 5. The third-order valence-corrected chi connectivity index (χ3v) is 6.29. The quantitative estimate of drug-likeness (QED) is 0.436. The van der Waals surface area contributed by atoms with Crippen LogP contribution in [0, 0.1) is 12.7 Å². The van der Waals surface area contributed by atoms with Crippen molar-refractivity contribution in [2.24, 2.45) is 0 Å². The number of benzene rings is 2. The first-order valence-corrected chi connectivity index (χ1v) is 10.8. The van der Waals surface area contributed by atoms with E-state index in [1.807, 2.05) is 6.92 Å². The van der Waals surface area contributed by atoms with Crippen LogP contribution in [0.15, 0.2) is 59.7 Å². The lowest BCUT2D eigenvalue weighted by Crippen LogP contribution is -2.31. The van der Waals surface area contributed by atoms with Crippen LogP contribution in [-0.4, -0.2) is 21.2 Å². The molecule has 0 radical (unpaired) electrons. The van der Waals surface area contributed by atoms with Gasteiger partial charge in [0.05, 0.1) is 11.7 Å². The zero-order chi connectivity index (χ0) is 23.0. The first kappa shape index (κ1) is 21.6. The second-order valence-corrected chi connectivity index (χ2v) is 8.68. The third-order valence-electron chi connectivity index (χ3n) is 5.28. The van der Waals surface area contributed by atoms with Gasteiger partial charge in [0.15, 0.2) is 5.78 Å². The molecule has 4 aromatic rings. The van der Waals surface area contributed by atoms with Crippen molar-refractivity contribution in [2.45, 2.75) is 26.8 Å². The fourth-order valence-electron chi connectivity index (χ4n) is 3.54. The van der Waals surface area contributed by atoms with Crippen molar-refractivity contribution in [2.75, 3.05) is 5.32 Å². The second-order valence-electron chi connectivity index (χ2n) is 7.48. The van der Waals surface area contributed by atoms with Gasteiger partial charge in [-0.2, -0.15) is 0 Å². The molecule has 6 nitrogen and oxygen atoms in total. The van der Waals surface area contributed by atoms with Gasteiger partial charge in [-0.3, -0.25) is 19.0 Å². The van der Waals surface area contributed by atoms with E-state index in [0.29, 0.717) is 32.6 Å². The molecule has 0 saturated carbocycles. The number of nitrogens with one attached hydrogen (secondary N) is 1. The summed E-state index contributed by atoms with van der Waals surface area (Å²) >= 11 is 1.38. The van der Waals surface area contributed by atoms with Crippen molar-refractivity contribution >= 4 is 38.9 Å². The number of Topliss-reactive ketones (excluding diaryl/α,β-unsaturated/α-hetero) is 1. The summed E-state index contributed by atoms with van der Waals surface area (Å²) in [5, 5.41) is 3.15. The number of ketones is 1. The lowest BCUT2D eigenvalue weighted by atomic mass is 10.0. The summed E-state index contributed by atoms with van der Waals surface area (Å²) in [4.78, 5) is 43.7. The van der Waals surface area contributed by atoms with Crippen LogP contribution in [0.4, 0.5) is 10.1 Å². The zero-order valence-corrected chi connectivity index (χ0v) is 18.5. The third kappa shape index (κ3) is 3.97. The Morgan fingerprint density at radius 3 is 2.56 bits per heavy atom. The minimum atomic E-state index is -0.846. The normalized spacial score (nSPS) is 12.0. The van der Waals surface area contributed by atoms with Crippen LogP contribution in [0.5, 0.6) is 0 Å². The molecule has 2 heterocycles. The number of halogens is 1. The van der Waals surface area contributed by atoms with Gasteiger partial charge >= 0.3 is 0 Å². The molecule has 8 heteroatoms. The van der Waals surface area contributed by atoms with Crippen LogP contribution >= 0.6 is 11.3 Å². The summed E-state index contributed by atoms with van der Waals surface area (Å²) in [6.45, 7) is 4.94. The van der Waals surface area contributed by atoms with Gasteiger partial charge in [0.25, 0.3) is 5.56 Å². The maximum Gasteiger partial charge on any atom is 0.263 e. The number of carbonyl (C=O) groups excluding carboxylic acids is 2. The molecule has 0 aliphatic carbocycles. The number of nitrogens with zero attached hydrogens (tertiary/aromatic N) is 2. The molecular weight excluding hydrogens is 429 g/mol. The highest BCUT2D eigenvalue weighted by Crippen LogP contribution is 2.35. The van der Waals surface area contributed by atoms with E-state index in [1.54, 1.807) is 43.3 Å². The average molecular weight is 450 g/mol. The van der Waals surface area contributed by atoms with Crippen LogP contribution in [0.1, 0.15) is 35.1 Å². The van der Waals surface area contributed by atoms with Crippen LogP contribution in [-0.2, 0) is 4.79 Å². The van der Waals surface area contributed by atoms with Gasteiger partial charge in [0.2, 0.25) is 5.91 Å². The molecule has 0 aliphatic rings. The van der Waals surface area contributed by atoms with E-state index in [1.165, 1.54) is 41.3 Å². The van der Waals surface area contributed by atoms with Crippen LogP contribution in [0.3, 0.4) is 0 Å². The molecule has 1 atom stereocenters. The zero-order valence-electron chi connectivity index (χ0n) is 17.7. The highest BCUT2D eigenvalue weighted by molar-refractivity contribution is 7.19. The maximum absolute atomic E-state index is 13.4. The lowest BCUT2D eigenvalue weighted by Gasteiger charge is -2.15. The summed E-state index contributed by atoms with van der Waals surface area (Å²) in [6.07, 6.45) is 1.37. The van der Waals surface area contributed by atoms with Crippen LogP contribution in [0.25, 0.3) is 21.3 Å². The molecule has 1 amide bonds. The highest BCUT2D eigenvalue weighted by atomic mass is 32.1. The van der Waals surface area contributed by atoms with E-state index in [0.717, 1.165) is 4.88 Å². The molecule has 1 N–H and O–H groups in total. The van der Waals surface area contributed by atoms with Crippen molar-refractivity contribution in [1.29, 1.82) is 0 Å². The summed E-state index contributed by atoms with van der Waals surface area (Å²) in [5.41, 5.74) is 2.01. The van der Waals surface area contributed by atoms with Crippen molar-refractivity contribution in [3.63, 3.8) is 0 Å². The minimum Gasteiger partial charge on any atom is -0.324 e. The molecule has 0 bridgehead atoms. The van der Waals surface area contributed by atoms with Crippen molar-refractivity contribution < 1.29 is 14.0 Å². The number of hydrogen-bond acceptors (Lipinski definition) is 5. The van der Waals surface area contributed by atoms with Crippen molar-refractivity contribution in [3.8, 4) is 11.1 Å². The Hall–Kier alpha value is -3.65. The Morgan fingerprint density at radius 1 is 1.16 bits per heavy atom. The van der Waals surface area contributed by atoms with Gasteiger partial charge in [0.1, 0.15) is 16.7 Å². The molecule has 0 spiro atoms. The Kier molecular flexibility index (Phi) is 5.71. The highest BCUT2D eigenvalue weighted by Gasteiger charge is 2.22. The van der Waals surface area contributed by atoms with E-state index in [-0.39, 0.29) is 17.2 Å². The largest absolute Gasteiger partial charge is 0.324 e. The Balaban J connectivity index is 1.72. The molecule has 162 valence electrons. The predicted molar refractivity (Wildman–Crippen MR) is 124 cm³/mol. The number of amides is 1. The van der Waals surface area contributed by atoms with Crippen LogP contribution in [0.2, 0.25) is 0 Å². The van der Waals surface area contributed by atoms with Gasteiger partial charge in [0, 0.05) is 21.7 Å². The molecule has 1 unspecified atom stereocenters. The van der Waals surface area contributed by atoms with Crippen molar-refractivity contribution in [3.05, 3.63) is 81.5 Å². The predicted octanol–water partition coefficient (Wildman–Crippen LogP) is 4.97. The van der Waals surface area contributed by atoms with E-state index >= 15 is 0 Å². The van der Waals surface area contributed by atoms with Gasteiger partial charge < -0.3 is 5.32 Å². The fraction of sp³-hybridized carbons (Fsp3) is 0.167. The number of anilines is 1. The van der Waals surface area contributed by atoms with E-state index in [2.05, 4.69) is 10.3 Å². The first-order valence-electron chi connectivity index (χ1n) is 9.94. The number of fused-ring (bicyclic) bond motifs is 1. The maximum atomic E-state index is 13.4. The van der Waals surface area contributed by atoms with Crippen molar-refractivity contribution in [1.82, 2.24) is 9.55 Å². The Morgan fingerprint density at radius 2 is 1.88 bits per heavy atom.